The van der Waals surface area contributed by atoms with Crippen molar-refractivity contribution in [3.63, 3.8) is 0 Å². The first kappa shape index (κ1) is 16.0. The summed E-state index contributed by atoms with van der Waals surface area (Å²) in [5, 5.41) is 9.51. The molecule has 1 atom stereocenters. The zero-order valence-corrected chi connectivity index (χ0v) is 13.2. The minimum absolute atomic E-state index is 0.0610. The van der Waals surface area contributed by atoms with Crippen molar-refractivity contribution in [3.8, 4) is 5.75 Å². The Morgan fingerprint density at radius 1 is 1.09 bits per heavy atom. The zero-order valence-electron chi connectivity index (χ0n) is 13.2. The van der Waals surface area contributed by atoms with Crippen molar-refractivity contribution in [1.82, 2.24) is 4.90 Å². The minimum Gasteiger partial charge on any atom is -0.489 e. The Morgan fingerprint density at radius 3 is 2.70 bits per heavy atom. The summed E-state index contributed by atoms with van der Waals surface area (Å²) in [6.07, 6.45) is 0. The molecule has 0 aliphatic carbocycles. The van der Waals surface area contributed by atoms with Gasteiger partial charge >= 0.3 is 0 Å². The smallest absolute Gasteiger partial charge is 0.124 e. The minimum atomic E-state index is 0.0610. The fraction of sp³-hybridized carbons (Fsp3) is 0.368. The van der Waals surface area contributed by atoms with Gasteiger partial charge in [-0.15, -0.1) is 0 Å². The highest BCUT2D eigenvalue weighted by Gasteiger charge is 2.23. The first-order chi connectivity index (χ1) is 11.4. The molecule has 1 aliphatic rings. The van der Waals surface area contributed by atoms with E-state index in [1.54, 1.807) is 0 Å². The van der Waals surface area contributed by atoms with E-state index in [1.165, 1.54) is 0 Å². The quantitative estimate of drug-likeness (QED) is 0.889. The molecule has 0 unspecified atom stereocenters. The van der Waals surface area contributed by atoms with Crippen LogP contribution in [-0.2, 0) is 17.9 Å². The van der Waals surface area contributed by atoms with Crippen LogP contribution in [0.3, 0.4) is 0 Å². The maximum Gasteiger partial charge on any atom is 0.124 e. The van der Waals surface area contributed by atoms with Gasteiger partial charge in [0, 0.05) is 18.7 Å². The lowest BCUT2D eigenvalue weighted by Crippen LogP contribution is -2.46. The maximum atomic E-state index is 9.51. The molecule has 0 radical (unpaired) electrons. The van der Waals surface area contributed by atoms with E-state index >= 15 is 0 Å². The molecule has 0 spiro atoms. The molecule has 1 aliphatic heterocycles. The van der Waals surface area contributed by atoms with E-state index in [4.69, 9.17) is 9.47 Å². The molecule has 0 bridgehead atoms. The highest BCUT2D eigenvalue weighted by molar-refractivity contribution is 5.33. The predicted octanol–water partition coefficient (Wildman–Crippen LogP) is 2.46. The average Bonchev–Trinajstić information content (AvgIpc) is 2.62. The Morgan fingerprint density at radius 2 is 1.87 bits per heavy atom. The summed E-state index contributed by atoms with van der Waals surface area (Å²) in [5.74, 6) is 0.902. The fourth-order valence-corrected chi connectivity index (χ4v) is 2.79. The molecule has 2 aromatic carbocycles. The Hall–Kier alpha value is -1.88. The SMILES string of the molecule is OC[C@@H]1COCCN1Cc1ccccc1OCc1ccccc1. The van der Waals surface area contributed by atoms with E-state index in [9.17, 15) is 5.11 Å². The highest BCUT2D eigenvalue weighted by Crippen LogP contribution is 2.23. The molecule has 3 rings (SSSR count). The molecule has 23 heavy (non-hydrogen) atoms. The highest BCUT2D eigenvalue weighted by atomic mass is 16.5. The van der Waals surface area contributed by atoms with Crippen LogP contribution < -0.4 is 4.74 Å². The van der Waals surface area contributed by atoms with Crippen molar-refractivity contribution in [2.45, 2.75) is 19.2 Å². The van der Waals surface area contributed by atoms with E-state index < -0.39 is 0 Å². The van der Waals surface area contributed by atoms with Crippen molar-refractivity contribution in [1.29, 1.82) is 0 Å². The molecule has 4 nitrogen and oxygen atoms in total. The summed E-state index contributed by atoms with van der Waals surface area (Å²) in [5.41, 5.74) is 2.30. The van der Waals surface area contributed by atoms with Crippen LogP contribution in [0.5, 0.6) is 5.75 Å². The van der Waals surface area contributed by atoms with E-state index in [0.29, 0.717) is 19.8 Å². The Labute approximate surface area is 137 Å². The van der Waals surface area contributed by atoms with E-state index in [0.717, 1.165) is 30.0 Å². The van der Waals surface area contributed by atoms with Gasteiger partial charge in [0.05, 0.1) is 25.9 Å². The lowest BCUT2D eigenvalue weighted by molar-refractivity contribution is -0.0315. The van der Waals surface area contributed by atoms with Crippen LogP contribution in [0.15, 0.2) is 54.6 Å². The number of ether oxygens (including phenoxy) is 2. The Balaban J connectivity index is 1.67. The molecule has 0 aromatic heterocycles. The molecule has 1 saturated heterocycles. The number of benzene rings is 2. The van der Waals surface area contributed by atoms with E-state index in [2.05, 4.69) is 23.1 Å². The van der Waals surface area contributed by atoms with Crippen LogP contribution in [0.2, 0.25) is 0 Å². The number of morpholine rings is 1. The van der Waals surface area contributed by atoms with Gasteiger partial charge in [-0.1, -0.05) is 48.5 Å². The van der Waals surface area contributed by atoms with Gasteiger partial charge in [0.15, 0.2) is 0 Å². The van der Waals surface area contributed by atoms with Gasteiger partial charge in [-0.05, 0) is 11.6 Å². The normalized spacial score (nSPS) is 18.7. The Bertz CT molecular complexity index is 603. The molecule has 2 aromatic rings. The summed E-state index contributed by atoms with van der Waals surface area (Å²) in [4.78, 5) is 2.26. The van der Waals surface area contributed by atoms with Crippen LogP contribution in [0.1, 0.15) is 11.1 Å². The molecule has 0 amide bonds. The lowest BCUT2D eigenvalue weighted by Gasteiger charge is -2.34. The number of hydrogen-bond donors (Lipinski definition) is 1. The van der Waals surface area contributed by atoms with Crippen molar-refractivity contribution >= 4 is 0 Å². The van der Waals surface area contributed by atoms with Gasteiger partial charge in [-0.25, -0.2) is 0 Å². The molecule has 1 fully saturated rings. The summed E-state index contributed by atoms with van der Waals surface area (Å²) < 4.78 is 11.5. The molecule has 0 saturated carbocycles. The second-order valence-corrected chi connectivity index (χ2v) is 5.76. The number of aliphatic hydroxyl groups excluding tert-OH is 1. The fourth-order valence-electron chi connectivity index (χ4n) is 2.79. The van der Waals surface area contributed by atoms with Crippen molar-refractivity contribution in [2.75, 3.05) is 26.4 Å². The largest absolute Gasteiger partial charge is 0.489 e. The van der Waals surface area contributed by atoms with E-state index in [1.807, 2.05) is 36.4 Å². The molecule has 1 N–H and O–H groups in total. The van der Waals surface area contributed by atoms with E-state index in [-0.39, 0.29) is 12.6 Å². The number of aliphatic hydroxyl groups is 1. The molecule has 122 valence electrons. The first-order valence-corrected chi connectivity index (χ1v) is 8.04. The third kappa shape index (κ3) is 4.32. The molecular formula is C19H23NO3. The standard InChI is InChI=1S/C19H23NO3/c21-13-18-15-22-11-10-20(18)12-17-8-4-5-9-19(17)23-14-16-6-2-1-3-7-16/h1-9,18,21H,10-15H2/t18-/m1/s1. The molecule has 1 heterocycles. The summed E-state index contributed by atoms with van der Waals surface area (Å²) in [6.45, 7) is 3.57. The number of rotatable bonds is 6. The second kappa shape index (κ2) is 8.11. The molecule has 4 heteroatoms. The van der Waals surface area contributed by atoms with Crippen molar-refractivity contribution in [2.24, 2.45) is 0 Å². The summed E-state index contributed by atoms with van der Waals surface area (Å²) >= 11 is 0. The zero-order chi connectivity index (χ0) is 15.9. The van der Waals surface area contributed by atoms with Crippen molar-refractivity contribution < 1.29 is 14.6 Å². The van der Waals surface area contributed by atoms with Crippen LogP contribution in [-0.4, -0.2) is 42.4 Å². The lowest BCUT2D eigenvalue weighted by atomic mass is 10.1. The average molecular weight is 313 g/mol. The number of nitrogens with zero attached hydrogens (tertiary/aromatic N) is 1. The van der Waals surface area contributed by atoms with Crippen LogP contribution >= 0.6 is 0 Å². The van der Waals surface area contributed by atoms with Crippen molar-refractivity contribution in [3.05, 3.63) is 65.7 Å². The number of para-hydroxylation sites is 1. The topological polar surface area (TPSA) is 41.9 Å². The Kier molecular flexibility index (Phi) is 5.64. The van der Waals surface area contributed by atoms with Gasteiger partial charge in [0.2, 0.25) is 0 Å². The molecular weight excluding hydrogens is 290 g/mol. The third-order valence-corrected chi connectivity index (χ3v) is 4.14. The van der Waals surface area contributed by atoms with Crippen LogP contribution in [0, 0.1) is 0 Å². The van der Waals surface area contributed by atoms with Gasteiger partial charge < -0.3 is 14.6 Å². The summed E-state index contributed by atoms with van der Waals surface area (Å²) in [6, 6.07) is 18.3. The third-order valence-electron chi connectivity index (χ3n) is 4.14. The van der Waals surface area contributed by atoms with Gasteiger partial charge in [0.25, 0.3) is 0 Å². The predicted molar refractivity (Wildman–Crippen MR) is 89.3 cm³/mol. The monoisotopic (exact) mass is 313 g/mol. The van der Waals surface area contributed by atoms with Crippen LogP contribution in [0.25, 0.3) is 0 Å². The maximum absolute atomic E-state index is 9.51. The number of hydrogen-bond acceptors (Lipinski definition) is 4. The first-order valence-electron chi connectivity index (χ1n) is 8.04. The van der Waals surface area contributed by atoms with Crippen LogP contribution in [0.4, 0.5) is 0 Å². The summed E-state index contributed by atoms with van der Waals surface area (Å²) in [7, 11) is 0. The second-order valence-electron chi connectivity index (χ2n) is 5.76. The van der Waals surface area contributed by atoms with Gasteiger partial charge in [-0.2, -0.15) is 0 Å². The van der Waals surface area contributed by atoms with Gasteiger partial charge in [-0.3, -0.25) is 4.90 Å². The van der Waals surface area contributed by atoms with Gasteiger partial charge in [0.1, 0.15) is 12.4 Å².